The largest absolute Gasteiger partial charge is 0.388 e. The van der Waals surface area contributed by atoms with E-state index in [1.54, 1.807) is 0 Å². The molecule has 1 aliphatic carbocycles. The van der Waals surface area contributed by atoms with E-state index < -0.39 is 5.60 Å². The Labute approximate surface area is 112 Å². The van der Waals surface area contributed by atoms with Crippen LogP contribution in [-0.2, 0) is 0 Å². The molecule has 3 nitrogen and oxygen atoms in total. The summed E-state index contributed by atoms with van der Waals surface area (Å²) >= 11 is 1.49. The number of carbonyl (C=O) groups excluding carboxylic acids is 1. The van der Waals surface area contributed by atoms with Crippen molar-refractivity contribution in [2.75, 3.05) is 6.54 Å². The van der Waals surface area contributed by atoms with Crippen LogP contribution in [0.25, 0.3) is 0 Å². The third kappa shape index (κ3) is 3.33. The molecule has 2 N–H and O–H groups in total. The first kappa shape index (κ1) is 13.6. The van der Waals surface area contributed by atoms with Crippen molar-refractivity contribution in [3.63, 3.8) is 0 Å². The Kier molecular flexibility index (Phi) is 4.07. The van der Waals surface area contributed by atoms with Crippen LogP contribution in [0.5, 0.6) is 0 Å². The lowest BCUT2D eigenvalue weighted by atomic mass is 9.79. The van der Waals surface area contributed by atoms with Gasteiger partial charge in [0.15, 0.2) is 0 Å². The average molecular weight is 267 g/mol. The van der Waals surface area contributed by atoms with E-state index in [-0.39, 0.29) is 5.91 Å². The summed E-state index contributed by atoms with van der Waals surface area (Å²) in [6, 6.07) is 3.78. The summed E-state index contributed by atoms with van der Waals surface area (Å²) in [6.45, 7) is 4.51. The Morgan fingerprint density at radius 2 is 2.39 bits per heavy atom. The highest BCUT2D eigenvalue weighted by molar-refractivity contribution is 7.13. The van der Waals surface area contributed by atoms with Crippen LogP contribution in [0.2, 0.25) is 0 Å². The third-order valence-electron chi connectivity index (χ3n) is 3.61. The Bertz CT molecular complexity index is 429. The first-order valence-corrected chi connectivity index (χ1v) is 7.37. The number of hydrogen-bond acceptors (Lipinski definition) is 3. The predicted molar refractivity (Wildman–Crippen MR) is 74.0 cm³/mol. The number of carbonyl (C=O) groups is 1. The van der Waals surface area contributed by atoms with Crippen molar-refractivity contribution in [3.8, 4) is 0 Å². The fraction of sp³-hybridized carbons (Fsp3) is 0.643. The average Bonchev–Trinajstić information content (AvgIpc) is 2.73. The van der Waals surface area contributed by atoms with Crippen LogP contribution in [0.15, 0.2) is 12.1 Å². The molecule has 18 heavy (non-hydrogen) atoms. The molecule has 1 aromatic heterocycles. The maximum Gasteiger partial charge on any atom is 0.261 e. The molecule has 2 unspecified atom stereocenters. The molecule has 0 aliphatic heterocycles. The van der Waals surface area contributed by atoms with Crippen LogP contribution >= 0.6 is 11.3 Å². The van der Waals surface area contributed by atoms with Crippen molar-refractivity contribution in [2.24, 2.45) is 5.92 Å². The van der Waals surface area contributed by atoms with Gasteiger partial charge >= 0.3 is 0 Å². The molecule has 1 fully saturated rings. The number of thiophene rings is 1. The molecule has 2 atom stereocenters. The summed E-state index contributed by atoms with van der Waals surface area (Å²) in [4.78, 5) is 13.8. The van der Waals surface area contributed by atoms with Crippen molar-refractivity contribution < 1.29 is 9.90 Å². The zero-order valence-corrected chi connectivity index (χ0v) is 11.8. The van der Waals surface area contributed by atoms with E-state index in [4.69, 9.17) is 0 Å². The topological polar surface area (TPSA) is 49.3 Å². The maximum absolute atomic E-state index is 11.9. The molecule has 4 heteroatoms. The molecule has 1 amide bonds. The molecule has 0 saturated heterocycles. The van der Waals surface area contributed by atoms with Crippen LogP contribution in [0, 0.1) is 12.8 Å². The first-order chi connectivity index (χ1) is 8.48. The SMILES string of the molecule is Cc1ccc(C(=O)NCC2(O)CCCC(C)C2)s1. The second-order valence-corrected chi connectivity index (χ2v) is 6.81. The predicted octanol–water partition coefficient (Wildman–Crippen LogP) is 2.73. The van der Waals surface area contributed by atoms with Gasteiger partial charge in [0.25, 0.3) is 5.91 Å². The summed E-state index contributed by atoms with van der Waals surface area (Å²) in [5, 5.41) is 13.3. The van der Waals surface area contributed by atoms with Crippen molar-refractivity contribution in [2.45, 2.75) is 45.1 Å². The second-order valence-electron chi connectivity index (χ2n) is 5.52. The zero-order valence-electron chi connectivity index (χ0n) is 11.0. The van der Waals surface area contributed by atoms with Gasteiger partial charge in [0.05, 0.1) is 10.5 Å². The van der Waals surface area contributed by atoms with Crippen LogP contribution in [-0.4, -0.2) is 23.2 Å². The van der Waals surface area contributed by atoms with Crippen molar-refractivity contribution in [3.05, 3.63) is 21.9 Å². The lowest BCUT2D eigenvalue weighted by Crippen LogP contribution is -2.45. The minimum Gasteiger partial charge on any atom is -0.388 e. The van der Waals surface area contributed by atoms with E-state index in [1.165, 1.54) is 17.8 Å². The van der Waals surface area contributed by atoms with Crippen LogP contribution in [0.4, 0.5) is 0 Å². The van der Waals surface area contributed by atoms with E-state index >= 15 is 0 Å². The molecule has 2 rings (SSSR count). The molecule has 0 bridgehead atoms. The standard InChI is InChI=1S/C14H21NO2S/c1-10-4-3-7-14(17,8-10)9-15-13(16)12-6-5-11(2)18-12/h5-6,10,17H,3-4,7-9H2,1-2H3,(H,15,16). The monoisotopic (exact) mass is 267 g/mol. The van der Waals surface area contributed by atoms with Gasteiger partial charge in [0, 0.05) is 11.4 Å². The number of rotatable bonds is 3. The van der Waals surface area contributed by atoms with Crippen LogP contribution < -0.4 is 5.32 Å². The Morgan fingerprint density at radius 3 is 3.00 bits per heavy atom. The second kappa shape index (κ2) is 5.41. The van der Waals surface area contributed by atoms with Gasteiger partial charge < -0.3 is 10.4 Å². The summed E-state index contributed by atoms with van der Waals surface area (Å²) in [6.07, 6.45) is 3.81. The minimum atomic E-state index is -0.709. The van der Waals surface area contributed by atoms with Gasteiger partial charge in [-0.25, -0.2) is 0 Å². The van der Waals surface area contributed by atoms with Gasteiger partial charge in [0.1, 0.15) is 0 Å². The van der Waals surface area contributed by atoms with Gasteiger partial charge in [0.2, 0.25) is 0 Å². The molecule has 0 aromatic carbocycles. The molecular formula is C14H21NO2S. The normalized spacial score (nSPS) is 28.1. The highest BCUT2D eigenvalue weighted by atomic mass is 32.1. The van der Waals surface area contributed by atoms with E-state index in [0.29, 0.717) is 12.5 Å². The number of aliphatic hydroxyl groups is 1. The molecule has 1 heterocycles. The molecule has 1 saturated carbocycles. The van der Waals surface area contributed by atoms with E-state index in [9.17, 15) is 9.90 Å². The van der Waals surface area contributed by atoms with Gasteiger partial charge in [-0.2, -0.15) is 0 Å². The number of hydrogen-bond donors (Lipinski definition) is 2. The lowest BCUT2D eigenvalue weighted by molar-refractivity contribution is -0.0109. The van der Waals surface area contributed by atoms with Crippen molar-refractivity contribution >= 4 is 17.2 Å². The van der Waals surface area contributed by atoms with Crippen molar-refractivity contribution in [1.29, 1.82) is 0 Å². The lowest BCUT2D eigenvalue weighted by Gasteiger charge is -2.35. The number of amides is 1. The third-order valence-corrected chi connectivity index (χ3v) is 4.61. The molecular weight excluding hydrogens is 246 g/mol. The highest BCUT2D eigenvalue weighted by Gasteiger charge is 2.32. The fourth-order valence-electron chi connectivity index (χ4n) is 2.68. The van der Waals surface area contributed by atoms with Crippen LogP contribution in [0.3, 0.4) is 0 Å². The molecule has 0 radical (unpaired) electrons. The molecule has 1 aromatic rings. The van der Waals surface area contributed by atoms with E-state index in [1.807, 2.05) is 19.1 Å². The Hall–Kier alpha value is -0.870. The maximum atomic E-state index is 11.9. The minimum absolute atomic E-state index is 0.0697. The molecule has 1 aliphatic rings. The van der Waals surface area contributed by atoms with Crippen molar-refractivity contribution in [1.82, 2.24) is 5.32 Å². The van der Waals surface area contributed by atoms with Gasteiger partial charge in [-0.15, -0.1) is 11.3 Å². The summed E-state index contributed by atoms with van der Waals surface area (Å²) in [5.41, 5.74) is -0.709. The number of aryl methyl sites for hydroxylation is 1. The Balaban J connectivity index is 1.89. The quantitative estimate of drug-likeness (QED) is 0.884. The fourth-order valence-corrected chi connectivity index (χ4v) is 3.47. The van der Waals surface area contributed by atoms with Gasteiger partial charge in [-0.1, -0.05) is 19.8 Å². The van der Waals surface area contributed by atoms with E-state index in [0.717, 1.165) is 29.0 Å². The Morgan fingerprint density at radius 1 is 1.61 bits per heavy atom. The first-order valence-electron chi connectivity index (χ1n) is 6.55. The van der Waals surface area contributed by atoms with Gasteiger partial charge in [-0.3, -0.25) is 4.79 Å². The summed E-state index contributed by atoms with van der Waals surface area (Å²) < 4.78 is 0. The van der Waals surface area contributed by atoms with Crippen LogP contribution in [0.1, 0.15) is 47.2 Å². The summed E-state index contributed by atoms with van der Waals surface area (Å²) in [7, 11) is 0. The van der Waals surface area contributed by atoms with Gasteiger partial charge in [-0.05, 0) is 37.8 Å². The molecule has 100 valence electrons. The smallest absolute Gasteiger partial charge is 0.261 e. The highest BCUT2D eigenvalue weighted by Crippen LogP contribution is 2.31. The molecule has 0 spiro atoms. The summed E-state index contributed by atoms with van der Waals surface area (Å²) in [5.74, 6) is 0.476. The van der Waals surface area contributed by atoms with E-state index in [2.05, 4.69) is 12.2 Å². The number of nitrogens with one attached hydrogen (secondary N) is 1. The zero-order chi connectivity index (χ0) is 13.2.